The van der Waals surface area contributed by atoms with Crippen molar-refractivity contribution in [3.63, 3.8) is 0 Å². The lowest BCUT2D eigenvalue weighted by molar-refractivity contribution is -0.164. The van der Waals surface area contributed by atoms with E-state index in [1.807, 2.05) is 13.0 Å². The molecule has 0 aromatic heterocycles. The molecule has 4 aliphatic rings. The second kappa shape index (κ2) is 6.72. The molecule has 4 rings (SSSR count). The fourth-order valence-corrected chi connectivity index (χ4v) is 7.63. The number of ketones is 2. The minimum atomic E-state index is -3.74. The Morgan fingerprint density at radius 1 is 1.14 bits per heavy atom. The normalized spacial score (nSPS) is 44.5. The van der Waals surface area contributed by atoms with Crippen LogP contribution in [0.15, 0.2) is 11.6 Å². The lowest BCUT2D eigenvalue weighted by atomic mass is 9.46. The van der Waals surface area contributed by atoms with Crippen molar-refractivity contribution in [2.45, 2.75) is 70.8 Å². The molecule has 0 heterocycles. The Morgan fingerprint density at radius 2 is 1.83 bits per heavy atom. The summed E-state index contributed by atoms with van der Waals surface area (Å²) in [7, 11) is -3.74. The van der Waals surface area contributed by atoms with Crippen molar-refractivity contribution < 1.29 is 27.3 Å². The van der Waals surface area contributed by atoms with Crippen LogP contribution in [-0.4, -0.2) is 43.6 Å². The topological polar surface area (TPSA) is 97.7 Å². The fraction of sp³-hybridized carbons (Fsp3) is 0.818. The van der Waals surface area contributed by atoms with Crippen LogP contribution in [0, 0.1) is 28.6 Å². The van der Waals surface area contributed by atoms with Gasteiger partial charge in [-0.3, -0.25) is 13.8 Å². The molecule has 0 aromatic carbocycles. The molecule has 0 spiro atoms. The van der Waals surface area contributed by atoms with Crippen LogP contribution in [0.2, 0.25) is 0 Å². The average molecular weight is 425 g/mol. The molecule has 6 unspecified atom stereocenters. The van der Waals surface area contributed by atoms with Crippen LogP contribution in [0.5, 0.6) is 0 Å². The van der Waals surface area contributed by atoms with E-state index in [4.69, 9.17) is 4.18 Å². The SMILES string of the molecule is CC12CCC(=O)C=C1CCC1C2CCC2(C)C1CCC2(O)C(=O)COS(C)(=O)=O. The maximum Gasteiger partial charge on any atom is 0.264 e. The van der Waals surface area contributed by atoms with E-state index in [9.17, 15) is 23.1 Å². The lowest BCUT2D eigenvalue weighted by Gasteiger charge is -2.58. The standard InChI is InChI=1S/C22H32O6S/c1-20-9-6-15(23)12-14(20)4-5-16-17(20)7-10-21(2)18(16)8-11-22(21,25)19(24)13-28-29(3,26)27/h12,16-18,25H,4-11,13H2,1-3H3. The number of hydrogen-bond acceptors (Lipinski definition) is 6. The number of Topliss-reactive ketones (excluding diaryl/α,β-unsaturated/α-hetero) is 1. The number of hydrogen-bond donors (Lipinski definition) is 1. The zero-order chi connectivity index (χ0) is 21.2. The second-order valence-electron chi connectivity index (χ2n) is 10.2. The Morgan fingerprint density at radius 3 is 2.52 bits per heavy atom. The predicted octanol–water partition coefficient (Wildman–Crippen LogP) is 2.79. The van der Waals surface area contributed by atoms with Crippen LogP contribution in [0.4, 0.5) is 0 Å². The van der Waals surface area contributed by atoms with E-state index in [2.05, 4.69) is 6.92 Å². The van der Waals surface area contributed by atoms with Gasteiger partial charge in [0, 0.05) is 11.8 Å². The van der Waals surface area contributed by atoms with Crippen molar-refractivity contribution >= 4 is 21.7 Å². The van der Waals surface area contributed by atoms with Gasteiger partial charge >= 0.3 is 0 Å². The summed E-state index contributed by atoms with van der Waals surface area (Å²) in [5.74, 6) is 0.838. The van der Waals surface area contributed by atoms with E-state index in [1.165, 1.54) is 5.57 Å². The van der Waals surface area contributed by atoms with Gasteiger partial charge in [-0.1, -0.05) is 19.4 Å². The fourth-order valence-electron chi connectivity index (χ4n) is 7.31. The maximum atomic E-state index is 12.9. The Kier molecular flexibility index (Phi) is 4.91. The monoisotopic (exact) mass is 424 g/mol. The number of carbonyl (C=O) groups is 2. The van der Waals surface area contributed by atoms with Crippen molar-refractivity contribution in [1.29, 1.82) is 0 Å². The van der Waals surface area contributed by atoms with E-state index in [0.29, 0.717) is 24.7 Å². The second-order valence-corrected chi connectivity index (χ2v) is 11.9. The van der Waals surface area contributed by atoms with Crippen LogP contribution in [0.3, 0.4) is 0 Å². The first-order valence-corrected chi connectivity index (χ1v) is 12.6. The highest BCUT2D eigenvalue weighted by molar-refractivity contribution is 7.86. The first-order chi connectivity index (χ1) is 13.4. The van der Waals surface area contributed by atoms with Crippen molar-refractivity contribution in [1.82, 2.24) is 0 Å². The molecule has 0 saturated heterocycles. The number of fused-ring (bicyclic) bond motifs is 5. The maximum absolute atomic E-state index is 12.9. The van der Waals surface area contributed by atoms with Crippen LogP contribution in [-0.2, 0) is 23.9 Å². The Bertz CT molecular complexity index is 876. The smallest absolute Gasteiger partial charge is 0.264 e. The van der Waals surface area contributed by atoms with Gasteiger partial charge in [-0.15, -0.1) is 0 Å². The Balaban J connectivity index is 1.60. The van der Waals surface area contributed by atoms with Gasteiger partial charge in [0.1, 0.15) is 12.2 Å². The summed E-state index contributed by atoms with van der Waals surface area (Å²) in [4.78, 5) is 24.8. The molecule has 3 saturated carbocycles. The Hall–Kier alpha value is -1.05. The Labute approximate surface area is 173 Å². The molecule has 0 bridgehead atoms. The molecule has 1 N–H and O–H groups in total. The van der Waals surface area contributed by atoms with E-state index in [1.54, 1.807) is 0 Å². The van der Waals surface area contributed by atoms with E-state index in [-0.39, 0.29) is 17.1 Å². The molecular formula is C22H32O6S. The van der Waals surface area contributed by atoms with E-state index in [0.717, 1.165) is 44.8 Å². The minimum absolute atomic E-state index is 0.0439. The van der Waals surface area contributed by atoms with Gasteiger partial charge in [0.15, 0.2) is 11.6 Å². The van der Waals surface area contributed by atoms with Crippen molar-refractivity contribution in [3.05, 3.63) is 11.6 Å². The van der Waals surface area contributed by atoms with Crippen molar-refractivity contribution in [2.24, 2.45) is 28.6 Å². The van der Waals surface area contributed by atoms with Gasteiger partial charge in [-0.05, 0) is 74.2 Å². The zero-order valence-corrected chi connectivity index (χ0v) is 18.4. The van der Waals surface area contributed by atoms with Gasteiger partial charge < -0.3 is 5.11 Å². The number of aliphatic hydroxyl groups is 1. The third-order valence-electron chi connectivity index (χ3n) is 8.98. The van der Waals surface area contributed by atoms with Crippen LogP contribution in [0.1, 0.15) is 65.2 Å². The van der Waals surface area contributed by atoms with Crippen molar-refractivity contribution in [2.75, 3.05) is 12.9 Å². The van der Waals surface area contributed by atoms with Crippen LogP contribution in [0.25, 0.3) is 0 Å². The van der Waals surface area contributed by atoms with Gasteiger partial charge in [-0.2, -0.15) is 8.42 Å². The summed E-state index contributed by atoms with van der Waals surface area (Å²) in [6, 6.07) is 0. The summed E-state index contributed by atoms with van der Waals surface area (Å²) in [5.41, 5.74) is -0.756. The predicted molar refractivity (Wildman–Crippen MR) is 107 cm³/mol. The number of carbonyl (C=O) groups excluding carboxylic acids is 2. The highest BCUT2D eigenvalue weighted by atomic mass is 32.2. The highest BCUT2D eigenvalue weighted by Crippen LogP contribution is 2.67. The van der Waals surface area contributed by atoms with Gasteiger partial charge in [-0.25, -0.2) is 0 Å². The number of allylic oxidation sites excluding steroid dienone is 1. The summed E-state index contributed by atoms with van der Waals surface area (Å²) in [6.45, 7) is 3.72. The molecule has 6 atom stereocenters. The molecule has 162 valence electrons. The molecule has 29 heavy (non-hydrogen) atoms. The highest BCUT2D eigenvalue weighted by Gasteiger charge is 2.66. The average Bonchev–Trinajstić information content (AvgIpc) is 2.92. The van der Waals surface area contributed by atoms with E-state index >= 15 is 0 Å². The summed E-state index contributed by atoms with van der Waals surface area (Å²) < 4.78 is 27.3. The summed E-state index contributed by atoms with van der Waals surface area (Å²) in [5, 5.41) is 11.5. The lowest BCUT2D eigenvalue weighted by Crippen LogP contribution is -2.58. The third-order valence-corrected chi connectivity index (χ3v) is 9.52. The van der Waals surface area contributed by atoms with Crippen molar-refractivity contribution in [3.8, 4) is 0 Å². The quantitative estimate of drug-likeness (QED) is 0.697. The molecule has 0 amide bonds. The largest absolute Gasteiger partial charge is 0.381 e. The molecule has 0 radical (unpaired) electrons. The number of rotatable bonds is 4. The first kappa shape index (κ1) is 21.2. The molecular weight excluding hydrogens is 392 g/mol. The third kappa shape index (κ3) is 3.15. The zero-order valence-electron chi connectivity index (χ0n) is 17.6. The summed E-state index contributed by atoms with van der Waals surface area (Å²) >= 11 is 0. The van der Waals surface area contributed by atoms with Gasteiger partial charge in [0.2, 0.25) is 0 Å². The molecule has 0 aromatic rings. The van der Waals surface area contributed by atoms with Crippen LogP contribution < -0.4 is 0 Å². The van der Waals surface area contributed by atoms with Gasteiger partial charge in [0.05, 0.1) is 6.26 Å². The summed E-state index contributed by atoms with van der Waals surface area (Å²) in [6.07, 6.45) is 8.99. The molecule has 7 heteroatoms. The van der Waals surface area contributed by atoms with Gasteiger partial charge in [0.25, 0.3) is 10.1 Å². The van der Waals surface area contributed by atoms with Crippen LogP contribution >= 0.6 is 0 Å². The minimum Gasteiger partial charge on any atom is -0.381 e. The van der Waals surface area contributed by atoms with E-state index < -0.39 is 33.5 Å². The molecule has 3 fully saturated rings. The molecule has 0 aliphatic heterocycles. The first-order valence-electron chi connectivity index (χ1n) is 10.7. The molecule has 4 aliphatic carbocycles. The molecule has 6 nitrogen and oxygen atoms in total.